The quantitative estimate of drug-likeness (QED) is 0.780. The lowest BCUT2D eigenvalue weighted by Gasteiger charge is -2.10. The number of nitrogens with one attached hydrogen (secondary N) is 1. The second kappa shape index (κ2) is 6.66. The molecule has 0 bridgehead atoms. The van der Waals surface area contributed by atoms with Crippen molar-refractivity contribution in [2.75, 3.05) is 18.5 Å². The molecule has 0 amide bonds. The molecule has 0 aromatic heterocycles. The molecule has 0 fully saturated rings. The van der Waals surface area contributed by atoms with Crippen molar-refractivity contribution < 1.29 is 4.74 Å². The summed E-state index contributed by atoms with van der Waals surface area (Å²) in [6.45, 7) is 4.00. The van der Waals surface area contributed by atoms with Crippen molar-refractivity contribution in [2.45, 2.75) is 32.1 Å². The van der Waals surface area contributed by atoms with E-state index in [1.807, 2.05) is 18.2 Å². The van der Waals surface area contributed by atoms with Gasteiger partial charge < -0.3 is 10.1 Å². The number of hydrogen-bond donors (Lipinski definition) is 1. The van der Waals surface area contributed by atoms with E-state index >= 15 is 0 Å². The maximum Gasteiger partial charge on any atom is 0.119 e. The molecule has 0 aliphatic heterocycles. The number of ether oxygens (including phenoxy) is 1. The van der Waals surface area contributed by atoms with Gasteiger partial charge in [-0.2, -0.15) is 0 Å². The minimum atomic E-state index is 0.712. The highest BCUT2D eigenvalue weighted by atomic mass is 16.5. The summed E-state index contributed by atoms with van der Waals surface area (Å²) < 4.78 is 5.86. The number of benzene rings is 2. The molecule has 110 valence electrons. The van der Waals surface area contributed by atoms with Crippen LogP contribution >= 0.6 is 0 Å². The van der Waals surface area contributed by atoms with Gasteiger partial charge in [0.25, 0.3) is 0 Å². The standard InChI is InChI=1S/C19H23NO/c1-15-8-9-16-14-18(10-11-19(15)16)21-13-5-12-20-17-6-3-2-4-7-17/h2-4,6-7,10-11,14-15,20H,5,8-9,12-13H2,1H3/t15-/m1/s1. The van der Waals surface area contributed by atoms with Crippen LogP contribution in [0.3, 0.4) is 0 Å². The Bertz CT molecular complexity index is 579. The fourth-order valence-corrected chi connectivity index (χ4v) is 2.95. The first-order valence-corrected chi connectivity index (χ1v) is 7.87. The molecule has 1 aliphatic carbocycles. The lowest BCUT2D eigenvalue weighted by Crippen LogP contribution is -2.07. The number of aryl methyl sites for hydroxylation is 1. The van der Waals surface area contributed by atoms with Gasteiger partial charge in [0.2, 0.25) is 0 Å². The fourth-order valence-electron chi connectivity index (χ4n) is 2.95. The third-order valence-electron chi connectivity index (χ3n) is 4.18. The van der Waals surface area contributed by atoms with E-state index in [-0.39, 0.29) is 0 Å². The van der Waals surface area contributed by atoms with Crippen LogP contribution in [0.1, 0.15) is 36.8 Å². The van der Waals surface area contributed by atoms with Crippen LogP contribution in [0.2, 0.25) is 0 Å². The summed E-state index contributed by atoms with van der Waals surface area (Å²) >= 11 is 0. The zero-order valence-corrected chi connectivity index (χ0v) is 12.6. The molecular formula is C19H23NO. The third-order valence-corrected chi connectivity index (χ3v) is 4.18. The van der Waals surface area contributed by atoms with Crippen LogP contribution in [0.15, 0.2) is 48.5 Å². The van der Waals surface area contributed by atoms with E-state index < -0.39 is 0 Å². The highest BCUT2D eigenvalue weighted by Crippen LogP contribution is 2.34. The Balaban J connectivity index is 1.42. The first kappa shape index (κ1) is 14.0. The smallest absolute Gasteiger partial charge is 0.119 e. The zero-order chi connectivity index (χ0) is 14.5. The SMILES string of the molecule is C[C@@H]1CCc2cc(OCCCNc3ccccc3)ccc21. The van der Waals surface area contributed by atoms with Crippen molar-refractivity contribution >= 4 is 5.69 Å². The van der Waals surface area contributed by atoms with Crippen LogP contribution in [-0.4, -0.2) is 13.2 Å². The Morgan fingerprint density at radius 1 is 1.14 bits per heavy atom. The van der Waals surface area contributed by atoms with Crippen molar-refractivity contribution in [3.63, 3.8) is 0 Å². The van der Waals surface area contributed by atoms with Crippen LogP contribution in [0.4, 0.5) is 5.69 Å². The molecule has 0 saturated carbocycles. The molecule has 0 unspecified atom stereocenters. The van der Waals surface area contributed by atoms with Crippen LogP contribution in [0.5, 0.6) is 5.75 Å². The van der Waals surface area contributed by atoms with Crippen molar-refractivity contribution in [3.05, 3.63) is 59.7 Å². The van der Waals surface area contributed by atoms with Crippen LogP contribution < -0.4 is 10.1 Å². The van der Waals surface area contributed by atoms with E-state index in [2.05, 4.69) is 42.6 Å². The summed E-state index contributed by atoms with van der Waals surface area (Å²) in [6.07, 6.45) is 3.48. The monoisotopic (exact) mass is 281 g/mol. The zero-order valence-electron chi connectivity index (χ0n) is 12.6. The second-order valence-corrected chi connectivity index (χ2v) is 5.80. The van der Waals surface area contributed by atoms with Crippen molar-refractivity contribution in [1.82, 2.24) is 0 Å². The first-order valence-electron chi connectivity index (χ1n) is 7.87. The molecular weight excluding hydrogens is 258 g/mol. The van der Waals surface area contributed by atoms with Crippen LogP contribution in [-0.2, 0) is 6.42 Å². The number of anilines is 1. The summed E-state index contributed by atoms with van der Waals surface area (Å²) in [7, 11) is 0. The molecule has 2 nitrogen and oxygen atoms in total. The summed E-state index contributed by atoms with van der Waals surface area (Å²) in [4.78, 5) is 0. The van der Waals surface area contributed by atoms with Crippen molar-refractivity contribution in [3.8, 4) is 5.75 Å². The molecule has 1 aliphatic rings. The topological polar surface area (TPSA) is 21.3 Å². The normalized spacial score (nSPS) is 16.5. The highest BCUT2D eigenvalue weighted by molar-refractivity contribution is 5.42. The first-order chi connectivity index (χ1) is 10.3. The van der Waals surface area contributed by atoms with E-state index in [0.717, 1.165) is 25.3 Å². The van der Waals surface area contributed by atoms with E-state index in [1.54, 1.807) is 0 Å². The number of fused-ring (bicyclic) bond motifs is 1. The third kappa shape index (κ3) is 3.57. The molecule has 0 saturated heterocycles. The maximum atomic E-state index is 5.86. The summed E-state index contributed by atoms with van der Waals surface area (Å²) in [5, 5.41) is 3.40. The average Bonchev–Trinajstić information content (AvgIpc) is 2.89. The molecule has 21 heavy (non-hydrogen) atoms. The molecule has 3 rings (SSSR count). The molecule has 1 atom stereocenters. The van der Waals surface area contributed by atoms with E-state index in [9.17, 15) is 0 Å². The van der Waals surface area contributed by atoms with Gasteiger partial charge in [-0.05, 0) is 60.6 Å². The van der Waals surface area contributed by atoms with Crippen molar-refractivity contribution in [1.29, 1.82) is 0 Å². The lowest BCUT2D eigenvalue weighted by molar-refractivity contribution is 0.314. The number of para-hydroxylation sites is 1. The minimum absolute atomic E-state index is 0.712. The molecule has 2 heteroatoms. The molecule has 2 aromatic carbocycles. The number of hydrogen-bond acceptors (Lipinski definition) is 2. The molecule has 0 heterocycles. The van der Waals surface area contributed by atoms with Gasteiger partial charge in [-0.15, -0.1) is 0 Å². The summed E-state index contributed by atoms with van der Waals surface area (Å²) in [5.41, 5.74) is 4.15. The molecule has 0 spiro atoms. The minimum Gasteiger partial charge on any atom is -0.494 e. The van der Waals surface area contributed by atoms with Crippen LogP contribution in [0.25, 0.3) is 0 Å². The van der Waals surface area contributed by atoms with Gasteiger partial charge in [-0.3, -0.25) is 0 Å². The molecule has 0 radical (unpaired) electrons. The largest absolute Gasteiger partial charge is 0.494 e. The van der Waals surface area contributed by atoms with Gasteiger partial charge >= 0.3 is 0 Å². The van der Waals surface area contributed by atoms with E-state index in [4.69, 9.17) is 4.74 Å². The predicted octanol–water partition coefficient (Wildman–Crippen LogP) is 4.62. The average molecular weight is 281 g/mol. The Morgan fingerprint density at radius 2 is 2.00 bits per heavy atom. The van der Waals surface area contributed by atoms with E-state index in [1.165, 1.54) is 29.7 Å². The van der Waals surface area contributed by atoms with Gasteiger partial charge in [0, 0.05) is 12.2 Å². The Kier molecular flexibility index (Phi) is 4.44. The lowest BCUT2D eigenvalue weighted by atomic mass is 10.0. The van der Waals surface area contributed by atoms with E-state index in [0.29, 0.717) is 5.92 Å². The van der Waals surface area contributed by atoms with Crippen LogP contribution in [0, 0.1) is 0 Å². The predicted molar refractivity (Wildman–Crippen MR) is 88.2 cm³/mol. The Labute approximate surface area is 127 Å². The second-order valence-electron chi connectivity index (χ2n) is 5.80. The van der Waals surface area contributed by atoms with Gasteiger partial charge in [0.05, 0.1) is 6.61 Å². The molecule has 1 N–H and O–H groups in total. The van der Waals surface area contributed by atoms with Gasteiger partial charge in [0.15, 0.2) is 0 Å². The Hall–Kier alpha value is -1.96. The van der Waals surface area contributed by atoms with Gasteiger partial charge in [-0.1, -0.05) is 31.2 Å². The maximum absolute atomic E-state index is 5.86. The Morgan fingerprint density at radius 3 is 2.86 bits per heavy atom. The van der Waals surface area contributed by atoms with Gasteiger partial charge in [-0.25, -0.2) is 0 Å². The number of rotatable bonds is 6. The molecule has 2 aromatic rings. The van der Waals surface area contributed by atoms with Crippen molar-refractivity contribution in [2.24, 2.45) is 0 Å². The van der Waals surface area contributed by atoms with Gasteiger partial charge in [0.1, 0.15) is 5.75 Å². The highest BCUT2D eigenvalue weighted by Gasteiger charge is 2.18. The fraction of sp³-hybridized carbons (Fsp3) is 0.368. The summed E-state index contributed by atoms with van der Waals surface area (Å²) in [5.74, 6) is 1.73. The summed E-state index contributed by atoms with van der Waals surface area (Å²) in [6, 6.07) is 16.9.